The van der Waals surface area contributed by atoms with E-state index >= 15 is 0 Å². The molecule has 0 saturated carbocycles. The van der Waals surface area contributed by atoms with Crippen molar-refractivity contribution in [2.75, 3.05) is 0 Å². The second-order valence-electron chi connectivity index (χ2n) is 2.80. The van der Waals surface area contributed by atoms with Crippen molar-refractivity contribution in [3.05, 3.63) is 33.9 Å². The Morgan fingerprint density at radius 2 is 1.94 bits per heavy atom. The fourth-order valence-electron chi connectivity index (χ4n) is 0.998. The molecule has 0 saturated heterocycles. The third kappa shape index (κ3) is 4.45. The molecule has 0 bridgehead atoms. The molecule has 1 rings (SSSR count). The summed E-state index contributed by atoms with van der Waals surface area (Å²) in [5, 5.41) is 19.5. The Kier molecular flexibility index (Phi) is 5.36. The van der Waals surface area contributed by atoms with Gasteiger partial charge in [-0.1, -0.05) is 0 Å². The minimum absolute atomic E-state index is 0. The zero-order valence-electron chi connectivity index (χ0n) is 7.32. The van der Waals surface area contributed by atoms with Crippen LogP contribution in [0.4, 0.5) is 5.69 Å². The summed E-state index contributed by atoms with van der Waals surface area (Å²) in [5.41, 5.74) is -0.571. The first-order valence-corrected chi connectivity index (χ1v) is 5.32. The summed E-state index contributed by atoms with van der Waals surface area (Å²) in [6.45, 7) is 0. The number of rotatable bonds is 3. The molecule has 0 spiro atoms. The van der Waals surface area contributed by atoms with Gasteiger partial charge in [-0.15, -0.1) is 0 Å². The molecule has 0 aliphatic carbocycles. The summed E-state index contributed by atoms with van der Waals surface area (Å²) in [6.07, 6.45) is 0. The Morgan fingerprint density at radius 3 is 2.38 bits per heavy atom. The van der Waals surface area contributed by atoms with Gasteiger partial charge in [0, 0.05) is 17.7 Å². The summed E-state index contributed by atoms with van der Waals surface area (Å²) in [5.74, 6) is -1.28. The molecule has 16 heavy (non-hydrogen) atoms. The predicted molar refractivity (Wildman–Crippen MR) is 57.2 cm³/mol. The molecule has 7 nitrogen and oxygen atoms in total. The Balaban J connectivity index is 0.00000225. The second-order valence-corrected chi connectivity index (χ2v) is 4.25. The topological polar surface area (TPSA) is 118 Å². The average molecular weight is 257 g/mol. The SMILES string of the molecule is O=[N+]([O-])c1ccc(O)c(CS(=O)(=O)O)c1.[NaH]. The third-order valence-electron chi connectivity index (χ3n) is 1.61. The van der Waals surface area contributed by atoms with Crippen molar-refractivity contribution in [3.63, 3.8) is 0 Å². The van der Waals surface area contributed by atoms with Crippen LogP contribution in [0.25, 0.3) is 0 Å². The van der Waals surface area contributed by atoms with Crippen molar-refractivity contribution in [3.8, 4) is 5.75 Å². The molecular formula is C7H8NNaO6S. The van der Waals surface area contributed by atoms with Crippen molar-refractivity contribution in [2.45, 2.75) is 5.75 Å². The normalized spacial score (nSPS) is 10.6. The molecule has 0 amide bonds. The molecule has 1 aromatic rings. The van der Waals surface area contributed by atoms with Crippen LogP contribution in [0.15, 0.2) is 18.2 Å². The van der Waals surface area contributed by atoms with Crippen LogP contribution in [0, 0.1) is 10.1 Å². The van der Waals surface area contributed by atoms with Gasteiger partial charge in [-0.3, -0.25) is 14.7 Å². The van der Waals surface area contributed by atoms with E-state index in [9.17, 15) is 23.6 Å². The van der Waals surface area contributed by atoms with Gasteiger partial charge in [-0.2, -0.15) is 8.42 Å². The van der Waals surface area contributed by atoms with Gasteiger partial charge in [0.2, 0.25) is 0 Å². The summed E-state index contributed by atoms with van der Waals surface area (Å²) in [4.78, 5) is 9.61. The molecule has 0 aliphatic heterocycles. The molecule has 0 fully saturated rings. The number of hydrogen-bond donors (Lipinski definition) is 2. The summed E-state index contributed by atoms with van der Waals surface area (Å²) in [6, 6.07) is 2.92. The molecule has 0 radical (unpaired) electrons. The number of phenolic OH excluding ortho intramolecular Hbond substituents is 1. The van der Waals surface area contributed by atoms with Crippen LogP contribution in [0.3, 0.4) is 0 Å². The number of nitro benzene ring substituents is 1. The average Bonchev–Trinajstić information content (AvgIpc) is 2.06. The van der Waals surface area contributed by atoms with E-state index in [1.54, 1.807) is 0 Å². The van der Waals surface area contributed by atoms with Gasteiger partial charge in [0.25, 0.3) is 15.8 Å². The molecular weight excluding hydrogens is 249 g/mol. The van der Waals surface area contributed by atoms with Crippen molar-refractivity contribution in [1.29, 1.82) is 0 Å². The van der Waals surface area contributed by atoms with Gasteiger partial charge in [0.1, 0.15) is 11.5 Å². The summed E-state index contributed by atoms with van der Waals surface area (Å²) >= 11 is 0. The van der Waals surface area contributed by atoms with Crippen molar-refractivity contribution < 1.29 is 23.0 Å². The molecule has 9 heteroatoms. The first-order valence-electron chi connectivity index (χ1n) is 3.71. The summed E-state index contributed by atoms with van der Waals surface area (Å²) in [7, 11) is -4.32. The number of nitro groups is 1. The fourth-order valence-corrected chi connectivity index (χ4v) is 1.62. The minimum atomic E-state index is -4.32. The van der Waals surface area contributed by atoms with Gasteiger partial charge >= 0.3 is 29.6 Å². The Morgan fingerprint density at radius 1 is 1.38 bits per heavy atom. The van der Waals surface area contributed by atoms with Crippen LogP contribution >= 0.6 is 0 Å². The predicted octanol–water partition coefficient (Wildman–Crippen LogP) is 0.0397. The van der Waals surface area contributed by atoms with Crippen LogP contribution in [0.1, 0.15) is 5.56 Å². The Bertz CT molecular complexity index is 500. The number of phenols is 1. The molecule has 0 unspecified atom stereocenters. The van der Waals surface area contributed by atoms with E-state index in [2.05, 4.69) is 0 Å². The standard InChI is InChI=1S/C7H7NO6S.Na.H/c9-7-2-1-6(8(10)11)3-5(7)4-15(12,13)14;;/h1-3,9H,4H2,(H,12,13,14);;. The number of aromatic hydroxyl groups is 1. The first kappa shape index (κ1) is 15.3. The van der Waals surface area contributed by atoms with Crippen LogP contribution in [-0.2, 0) is 15.9 Å². The van der Waals surface area contributed by atoms with E-state index in [1.807, 2.05) is 0 Å². The van der Waals surface area contributed by atoms with Gasteiger partial charge in [0.05, 0.1) is 4.92 Å². The van der Waals surface area contributed by atoms with E-state index in [1.165, 1.54) is 0 Å². The maximum absolute atomic E-state index is 10.5. The molecule has 84 valence electrons. The number of hydrogen-bond acceptors (Lipinski definition) is 5. The van der Waals surface area contributed by atoms with Crippen molar-refractivity contribution in [2.24, 2.45) is 0 Å². The summed E-state index contributed by atoms with van der Waals surface area (Å²) < 4.78 is 29.5. The first-order chi connectivity index (χ1) is 6.79. The van der Waals surface area contributed by atoms with E-state index in [0.717, 1.165) is 18.2 Å². The Labute approximate surface area is 113 Å². The van der Waals surface area contributed by atoms with Crippen LogP contribution in [-0.4, -0.2) is 52.6 Å². The fraction of sp³-hybridized carbons (Fsp3) is 0.143. The second kappa shape index (κ2) is 5.60. The number of non-ortho nitro benzene ring substituents is 1. The third-order valence-corrected chi connectivity index (χ3v) is 2.29. The van der Waals surface area contributed by atoms with Crippen LogP contribution in [0.2, 0.25) is 0 Å². The molecule has 0 heterocycles. The molecule has 2 N–H and O–H groups in total. The maximum atomic E-state index is 10.5. The number of nitrogens with zero attached hydrogens (tertiary/aromatic N) is 1. The monoisotopic (exact) mass is 257 g/mol. The van der Waals surface area contributed by atoms with Gasteiger partial charge in [-0.05, 0) is 6.07 Å². The molecule has 0 aliphatic rings. The van der Waals surface area contributed by atoms with E-state index < -0.39 is 26.5 Å². The zero-order chi connectivity index (χ0) is 11.6. The molecule has 0 atom stereocenters. The van der Waals surface area contributed by atoms with Crippen molar-refractivity contribution in [1.82, 2.24) is 0 Å². The van der Waals surface area contributed by atoms with E-state index in [0.29, 0.717) is 0 Å². The van der Waals surface area contributed by atoms with E-state index in [4.69, 9.17) is 4.55 Å². The van der Waals surface area contributed by atoms with Gasteiger partial charge in [0.15, 0.2) is 0 Å². The van der Waals surface area contributed by atoms with E-state index in [-0.39, 0.29) is 40.8 Å². The van der Waals surface area contributed by atoms with Crippen LogP contribution < -0.4 is 0 Å². The molecule has 0 aromatic heterocycles. The van der Waals surface area contributed by atoms with Crippen LogP contribution in [0.5, 0.6) is 5.75 Å². The van der Waals surface area contributed by atoms with Gasteiger partial charge in [-0.25, -0.2) is 0 Å². The van der Waals surface area contributed by atoms with Crippen molar-refractivity contribution >= 4 is 45.4 Å². The molecule has 1 aromatic carbocycles. The Hall–Kier alpha value is -0.670. The zero-order valence-corrected chi connectivity index (χ0v) is 8.14. The quantitative estimate of drug-likeness (QED) is 0.341. The van der Waals surface area contributed by atoms with Gasteiger partial charge < -0.3 is 5.11 Å². The number of benzene rings is 1.